The van der Waals surface area contributed by atoms with Crippen molar-refractivity contribution in [1.82, 2.24) is 0 Å². The quantitative estimate of drug-likeness (QED) is 0.238. The Hall–Kier alpha value is -0.440. The van der Waals surface area contributed by atoms with Crippen molar-refractivity contribution < 1.29 is 55.1 Å². The van der Waals surface area contributed by atoms with Gasteiger partial charge in [0.05, 0.1) is 13.2 Å². The van der Waals surface area contributed by atoms with Crippen molar-refractivity contribution in [2.75, 3.05) is 13.2 Å². The molecule has 2 fully saturated rings. The standard InChI is InChI=1S/C12H22O11/c13-1-3(15)9-6(17)7(18)12(22-9)23-10-5(16)4(2-14)21-11(20)8(10)19/h3-20H,1-2H2/t3-,4-,5-,6-,7-,8-,9+,10+,11-,12+/m1/s1. The van der Waals surface area contributed by atoms with Crippen molar-refractivity contribution in [2.45, 2.75) is 61.4 Å². The van der Waals surface area contributed by atoms with Gasteiger partial charge in [-0.1, -0.05) is 0 Å². The van der Waals surface area contributed by atoms with E-state index in [0.717, 1.165) is 0 Å². The Morgan fingerprint density at radius 3 is 2.09 bits per heavy atom. The van der Waals surface area contributed by atoms with Crippen LogP contribution in [0, 0.1) is 0 Å². The van der Waals surface area contributed by atoms with Gasteiger partial charge in [0.1, 0.15) is 48.8 Å². The molecule has 0 aromatic heterocycles. The van der Waals surface area contributed by atoms with Gasteiger partial charge in [0.25, 0.3) is 0 Å². The molecule has 2 rings (SSSR count). The van der Waals surface area contributed by atoms with E-state index in [1.54, 1.807) is 0 Å². The van der Waals surface area contributed by atoms with Gasteiger partial charge in [-0.15, -0.1) is 0 Å². The van der Waals surface area contributed by atoms with Gasteiger partial charge >= 0.3 is 0 Å². The fraction of sp³-hybridized carbons (Fsp3) is 1.00. The highest BCUT2D eigenvalue weighted by molar-refractivity contribution is 4.94. The van der Waals surface area contributed by atoms with Gasteiger partial charge in [-0.25, -0.2) is 0 Å². The zero-order valence-electron chi connectivity index (χ0n) is 12.0. The summed E-state index contributed by atoms with van der Waals surface area (Å²) in [4.78, 5) is 0. The molecule has 2 aliphatic rings. The first kappa shape index (κ1) is 18.9. The van der Waals surface area contributed by atoms with Gasteiger partial charge in [-0.3, -0.25) is 0 Å². The van der Waals surface area contributed by atoms with Crippen LogP contribution in [0.15, 0.2) is 0 Å². The molecule has 0 amide bonds. The Morgan fingerprint density at radius 1 is 0.870 bits per heavy atom. The zero-order valence-corrected chi connectivity index (χ0v) is 12.0. The van der Waals surface area contributed by atoms with E-state index in [4.69, 9.17) is 24.4 Å². The molecular weight excluding hydrogens is 320 g/mol. The first-order valence-electron chi connectivity index (χ1n) is 7.08. The molecule has 0 aromatic carbocycles. The minimum Gasteiger partial charge on any atom is -0.394 e. The third-order valence-electron chi connectivity index (χ3n) is 3.95. The molecular formula is C12H22O11. The second kappa shape index (κ2) is 7.63. The third-order valence-corrected chi connectivity index (χ3v) is 3.95. The van der Waals surface area contributed by atoms with E-state index in [-0.39, 0.29) is 0 Å². The Morgan fingerprint density at radius 2 is 1.52 bits per heavy atom. The molecule has 0 radical (unpaired) electrons. The van der Waals surface area contributed by atoms with Crippen LogP contribution < -0.4 is 0 Å². The second-order valence-electron chi connectivity index (χ2n) is 5.53. The van der Waals surface area contributed by atoms with Crippen molar-refractivity contribution in [1.29, 1.82) is 0 Å². The first-order chi connectivity index (χ1) is 10.8. The van der Waals surface area contributed by atoms with Crippen LogP contribution in [-0.2, 0) is 14.2 Å². The summed E-state index contributed by atoms with van der Waals surface area (Å²) in [5.74, 6) is 0. The number of aliphatic hydroxyl groups is 8. The fourth-order valence-electron chi connectivity index (χ4n) is 2.59. The lowest BCUT2D eigenvalue weighted by atomic mass is 9.99. The Bertz CT molecular complexity index is 382. The predicted octanol–water partition coefficient (Wildman–Crippen LogP) is -5.40. The smallest absolute Gasteiger partial charge is 0.187 e. The summed E-state index contributed by atoms with van der Waals surface area (Å²) >= 11 is 0. The van der Waals surface area contributed by atoms with Gasteiger partial charge in [0, 0.05) is 0 Å². The number of rotatable bonds is 5. The SMILES string of the molecule is OC[C@@H](O)[C@@H]1O[C@@H](O[C@@H]2[C@@H](O)[C@H](O)O[C@H](CO)[C@H]2O)[C@H](O)[C@H]1O. The van der Waals surface area contributed by atoms with E-state index in [0.29, 0.717) is 0 Å². The lowest BCUT2D eigenvalue weighted by Gasteiger charge is -2.41. The topological polar surface area (TPSA) is 190 Å². The summed E-state index contributed by atoms with van der Waals surface area (Å²) in [6.07, 6.45) is -15.3. The highest BCUT2D eigenvalue weighted by Gasteiger charge is 2.51. The largest absolute Gasteiger partial charge is 0.394 e. The van der Waals surface area contributed by atoms with Crippen molar-refractivity contribution in [3.05, 3.63) is 0 Å². The fourth-order valence-corrected chi connectivity index (χ4v) is 2.59. The Kier molecular flexibility index (Phi) is 6.27. The van der Waals surface area contributed by atoms with Gasteiger partial charge in [0.2, 0.25) is 0 Å². The van der Waals surface area contributed by atoms with Crippen LogP contribution in [0.3, 0.4) is 0 Å². The molecule has 23 heavy (non-hydrogen) atoms. The summed E-state index contributed by atoms with van der Waals surface area (Å²) in [7, 11) is 0. The van der Waals surface area contributed by atoms with Crippen LogP contribution in [0.4, 0.5) is 0 Å². The van der Waals surface area contributed by atoms with Crippen LogP contribution in [0.2, 0.25) is 0 Å². The lowest BCUT2D eigenvalue weighted by molar-refractivity contribution is -0.322. The Balaban J connectivity index is 2.07. The molecule has 0 spiro atoms. The molecule has 2 heterocycles. The predicted molar refractivity (Wildman–Crippen MR) is 68.6 cm³/mol. The van der Waals surface area contributed by atoms with E-state index in [9.17, 15) is 30.6 Å². The number of hydrogen-bond acceptors (Lipinski definition) is 11. The van der Waals surface area contributed by atoms with Crippen LogP contribution in [0.1, 0.15) is 0 Å². The summed E-state index contributed by atoms with van der Waals surface area (Å²) in [6.45, 7) is -1.39. The van der Waals surface area contributed by atoms with Gasteiger partial charge < -0.3 is 55.1 Å². The van der Waals surface area contributed by atoms with Gasteiger partial charge in [-0.05, 0) is 0 Å². The molecule has 2 aliphatic heterocycles. The van der Waals surface area contributed by atoms with Gasteiger partial charge in [-0.2, -0.15) is 0 Å². The third kappa shape index (κ3) is 3.65. The van der Waals surface area contributed by atoms with E-state index in [1.807, 2.05) is 0 Å². The van der Waals surface area contributed by atoms with Crippen molar-refractivity contribution in [2.24, 2.45) is 0 Å². The number of ether oxygens (including phenoxy) is 3. The van der Waals surface area contributed by atoms with Crippen LogP contribution in [-0.4, -0.2) is 115 Å². The summed E-state index contributed by atoms with van der Waals surface area (Å²) < 4.78 is 15.1. The maximum absolute atomic E-state index is 9.98. The van der Waals surface area contributed by atoms with Crippen molar-refractivity contribution in [3.8, 4) is 0 Å². The molecule has 0 unspecified atom stereocenters. The molecule has 0 aliphatic carbocycles. The monoisotopic (exact) mass is 342 g/mol. The normalized spacial score (nSPS) is 49.3. The zero-order chi connectivity index (χ0) is 17.3. The molecule has 11 nitrogen and oxygen atoms in total. The summed E-state index contributed by atoms with van der Waals surface area (Å²) in [5.41, 5.74) is 0. The molecule has 0 bridgehead atoms. The average molecular weight is 342 g/mol. The van der Waals surface area contributed by atoms with Crippen molar-refractivity contribution in [3.63, 3.8) is 0 Å². The molecule has 8 N–H and O–H groups in total. The number of aliphatic hydroxyl groups excluding tert-OH is 8. The molecule has 0 aromatic rings. The molecule has 0 saturated carbocycles. The molecule has 10 atom stereocenters. The maximum Gasteiger partial charge on any atom is 0.187 e. The minimum atomic E-state index is -1.75. The highest BCUT2D eigenvalue weighted by Crippen LogP contribution is 2.29. The van der Waals surface area contributed by atoms with Crippen LogP contribution >= 0.6 is 0 Å². The van der Waals surface area contributed by atoms with Crippen LogP contribution in [0.25, 0.3) is 0 Å². The van der Waals surface area contributed by atoms with E-state index < -0.39 is 74.6 Å². The molecule has 11 heteroatoms. The summed E-state index contributed by atoms with van der Waals surface area (Å²) in [5, 5.41) is 76.4. The van der Waals surface area contributed by atoms with Gasteiger partial charge in [0.15, 0.2) is 12.6 Å². The minimum absolute atomic E-state index is 0.659. The lowest BCUT2D eigenvalue weighted by Crippen LogP contribution is -2.60. The Labute approximate surface area is 130 Å². The maximum atomic E-state index is 9.98. The van der Waals surface area contributed by atoms with Crippen LogP contribution in [0.5, 0.6) is 0 Å². The average Bonchev–Trinajstić information content (AvgIpc) is 2.82. The molecule has 2 saturated heterocycles. The summed E-state index contributed by atoms with van der Waals surface area (Å²) in [6, 6.07) is 0. The number of hydrogen-bond donors (Lipinski definition) is 8. The van der Waals surface area contributed by atoms with E-state index in [1.165, 1.54) is 0 Å². The van der Waals surface area contributed by atoms with E-state index in [2.05, 4.69) is 0 Å². The van der Waals surface area contributed by atoms with Crippen molar-refractivity contribution >= 4 is 0 Å². The molecule has 136 valence electrons. The highest BCUT2D eigenvalue weighted by atomic mass is 16.7. The second-order valence-corrected chi connectivity index (χ2v) is 5.53. The van der Waals surface area contributed by atoms with E-state index >= 15 is 0 Å². The first-order valence-corrected chi connectivity index (χ1v) is 7.08.